The molecule has 0 spiro atoms. The number of nitrogens with zero attached hydrogens (tertiary/aromatic N) is 2. The summed E-state index contributed by atoms with van der Waals surface area (Å²) in [5.41, 5.74) is -0.0586. The number of hydrogen-bond donors (Lipinski definition) is 1. The third-order valence-corrected chi connectivity index (χ3v) is 7.52. The fourth-order valence-electron chi connectivity index (χ4n) is 4.41. The van der Waals surface area contributed by atoms with Crippen molar-refractivity contribution in [2.24, 2.45) is 0 Å². The van der Waals surface area contributed by atoms with E-state index in [-0.39, 0.29) is 25.0 Å². The lowest BCUT2D eigenvalue weighted by Gasteiger charge is -2.47. The molecule has 0 radical (unpaired) electrons. The summed E-state index contributed by atoms with van der Waals surface area (Å²) < 4.78 is 25.6. The first-order chi connectivity index (χ1) is 14.0. The highest BCUT2D eigenvalue weighted by Gasteiger charge is 2.50. The van der Waals surface area contributed by atoms with Crippen LogP contribution in [0.5, 0.6) is 0 Å². The van der Waals surface area contributed by atoms with Gasteiger partial charge >= 0.3 is 0 Å². The molecule has 9 heteroatoms. The summed E-state index contributed by atoms with van der Waals surface area (Å²) in [5, 5.41) is 3.64. The van der Waals surface area contributed by atoms with E-state index >= 15 is 0 Å². The highest BCUT2D eigenvalue weighted by Crippen LogP contribution is 2.34. The van der Waals surface area contributed by atoms with Crippen LogP contribution in [0.25, 0.3) is 0 Å². The third-order valence-electron chi connectivity index (χ3n) is 6.09. The minimum Gasteiger partial charge on any atom is -0.351 e. The van der Waals surface area contributed by atoms with Crippen molar-refractivity contribution in [1.82, 2.24) is 9.62 Å². The number of nitrogens with one attached hydrogen (secondary N) is 1. The lowest BCUT2D eigenvalue weighted by Crippen LogP contribution is -2.70. The van der Waals surface area contributed by atoms with Crippen LogP contribution in [0, 0.1) is 6.92 Å². The number of amides is 2. The molecule has 166 valence electrons. The Bertz CT molecular complexity index is 928. The quantitative estimate of drug-likeness (QED) is 0.707. The first-order valence-corrected chi connectivity index (χ1v) is 12.6. The van der Waals surface area contributed by atoms with Gasteiger partial charge in [-0.15, -0.1) is 0 Å². The number of benzene rings is 1. The summed E-state index contributed by atoms with van der Waals surface area (Å²) in [4.78, 5) is 28.1. The minimum absolute atomic E-state index is 0.0358. The number of anilines is 1. The van der Waals surface area contributed by atoms with E-state index in [4.69, 9.17) is 11.6 Å². The molecule has 0 bridgehead atoms. The van der Waals surface area contributed by atoms with Crippen LogP contribution in [0.2, 0.25) is 5.02 Å². The van der Waals surface area contributed by atoms with E-state index in [9.17, 15) is 18.0 Å². The van der Waals surface area contributed by atoms with Crippen LogP contribution in [0.15, 0.2) is 18.2 Å². The van der Waals surface area contributed by atoms with E-state index in [1.165, 1.54) is 4.90 Å². The van der Waals surface area contributed by atoms with Crippen LogP contribution in [0.4, 0.5) is 5.69 Å². The molecule has 1 aromatic rings. The standard InChI is InChI=1S/C21H30ClN3O4S/c1-15-12-16(22)10-11-18(15)25-19(26)13-24(30(3,28)29)14-21(25,2)20(27)23-17-8-6-4-5-7-9-17/h10-12,17H,4-9,13-14H2,1-3H3,(H,23,27). The van der Waals surface area contributed by atoms with E-state index in [0.29, 0.717) is 10.7 Å². The second kappa shape index (κ2) is 8.85. The van der Waals surface area contributed by atoms with Crippen molar-refractivity contribution in [2.75, 3.05) is 24.2 Å². The fraction of sp³-hybridized carbons (Fsp3) is 0.619. The summed E-state index contributed by atoms with van der Waals surface area (Å²) in [7, 11) is -3.64. The lowest BCUT2D eigenvalue weighted by atomic mass is 9.92. The van der Waals surface area contributed by atoms with E-state index < -0.39 is 21.5 Å². The number of rotatable bonds is 4. The van der Waals surface area contributed by atoms with Crippen LogP contribution < -0.4 is 10.2 Å². The second-order valence-corrected chi connectivity index (χ2v) is 11.0. The number of halogens is 1. The van der Waals surface area contributed by atoms with Gasteiger partial charge in [0.15, 0.2) is 0 Å². The van der Waals surface area contributed by atoms with Crippen LogP contribution >= 0.6 is 11.6 Å². The van der Waals surface area contributed by atoms with Crippen LogP contribution in [-0.4, -0.2) is 55.5 Å². The van der Waals surface area contributed by atoms with Gasteiger partial charge in [0.1, 0.15) is 5.54 Å². The number of carbonyl (C=O) groups excluding carboxylic acids is 2. The van der Waals surface area contributed by atoms with Crippen molar-refractivity contribution in [3.05, 3.63) is 28.8 Å². The summed E-state index contributed by atoms with van der Waals surface area (Å²) in [5.74, 6) is -0.763. The molecular formula is C21H30ClN3O4S. The maximum absolute atomic E-state index is 13.5. The lowest BCUT2D eigenvalue weighted by molar-refractivity contribution is -0.133. The maximum atomic E-state index is 13.5. The van der Waals surface area contributed by atoms with Gasteiger partial charge in [0.05, 0.1) is 12.8 Å². The van der Waals surface area contributed by atoms with E-state index in [1.807, 2.05) is 6.92 Å². The average Bonchev–Trinajstić information content (AvgIpc) is 2.90. The largest absolute Gasteiger partial charge is 0.351 e. The van der Waals surface area contributed by atoms with E-state index in [2.05, 4.69) is 5.32 Å². The molecule has 1 aliphatic carbocycles. The molecule has 2 aliphatic rings. The number of piperazine rings is 1. The van der Waals surface area contributed by atoms with Gasteiger partial charge in [0.25, 0.3) is 0 Å². The molecule has 30 heavy (non-hydrogen) atoms. The maximum Gasteiger partial charge on any atom is 0.247 e. The average molecular weight is 456 g/mol. The first kappa shape index (κ1) is 23.0. The molecule has 2 fully saturated rings. The first-order valence-electron chi connectivity index (χ1n) is 10.4. The molecule has 1 aliphatic heterocycles. The van der Waals surface area contributed by atoms with Gasteiger partial charge in [0.2, 0.25) is 21.8 Å². The van der Waals surface area contributed by atoms with Gasteiger partial charge in [-0.2, -0.15) is 4.31 Å². The zero-order valence-corrected chi connectivity index (χ0v) is 19.4. The van der Waals surface area contributed by atoms with Crippen molar-refractivity contribution < 1.29 is 18.0 Å². The van der Waals surface area contributed by atoms with Crippen molar-refractivity contribution in [2.45, 2.75) is 64.0 Å². The Morgan fingerprint density at radius 1 is 1.20 bits per heavy atom. The van der Waals surface area contributed by atoms with Gasteiger partial charge < -0.3 is 5.32 Å². The Morgan fingerprint density at radius 2 is 1.83 bits per heavy atom. The van der Waals surface area contributed by atoms with E-state index in [0.717, 1.165) is 54.6 Å². The topological polar surface area (TPSA) is 86.8 Å². The molecule has 0 aromatic heterocycles. The Hall–Kier alpha value is -1.64. The predicted octanol–water partition coefficient (Wildman–Crippen LogP) is 2.85. The Kier molecular flexibility index (Phi) is 6.79. The van der Waals surface area contributed by atoms with Crippen molar-refractivity contribution in [3.8, 4) is 0 Å². The highest BCUT2D eigenvalue weighted by molar-refractivity contribution is 7.88. The monoisotopic (exact) mass is 455 g/mol. The van der Waals surface area contributed by atoms with E-state index in [1.54, 1.807) is 25.1 Å². The van der Waals surface area contributed by atoms with Gasteiger partial charge in [0, 0.05) is 23.3 Å². The van der Waals surface area contributed by atoms with Gasteiger partial charge in [-0.25, -0.2) is 8.42 Å². The highest BCUT2D eigenvalue weighted by atomic mass is 35.5. The Labute approximate surface area is 183 Å². The Morgan fingerprint density at radius 3 is 2.40 bits per heavy atom. The zero-order valence-electron chi connectivity index (χ0n) is 17.8. The molecule has 2 amide bonds. The summed E-state index contributed by atoms with van der Waals surface area (Å²) in [6, 6.07) is 5.15. The van der Waals surface area contributed by atoms with Gasteiger partial charge in [-0.05, 0) is 50.5 Å². The summed E-state index contributed by atoms with van der Waals surface area (Å²) >= 11 is 6.08. The van der Waals surface area contributed by atoms with Crippen LogP contribution in [0.1, 0.15) is 51.0 Å². The predicted molar refractivity (Wildman–Crippen MR) is 118 cm³/mol. The number of hydrogen-bond acceptors (Lipinski definition) is 4. The normalized spacial score (nSPS) is 24.5. The molecule has 1 heterocycles. The molecular weight excluding hydrogens is 426 g/mol. The molecule has 1 saturated carbocycles. The Balaban J connectivity index is 2.00. The number of aryl methyl sites for hydroxylation is 1. The molecule has 1 atom stereocenters. The second-order valence-electron chi connectivity index (χ2n) is 8.63. The van der Waals surface area contributed by atoms with Gasteiger partial charge in [-0.3, -0.25) is 14.5 Å². The molecule has 7 nitrogen and oxygen atoms in total. The third kappa shape index (κ3) is 4.81. The van der Waals surface area contributed by atoms with Gasteiger partial charge in [-0.1, -0.05) is 37.3 Å². The molecule has 1 saturated heterocycles. The number of sulfonamides is 1. The van der Waals surface area contributed by atoms with Crippen molar-refractivity contribution in [1.29, 1.82) is 0 Å². The molecule has 3 rings (SSSR count). The van der Waals surface area contributed by atoms with Crippen molar-refractivity contribution >= 4 is 39.1 Å². The summed E-state index contributed by atoms with van der Waals surface area (Å²) in [6.45, 7) is 3.06. The van der Waals surface area contributed by atoms with Crippen LogP contribution in [-0.2, 0) is 19.6 Å². The fourth-order valence-corrected chi connectivity index (χ4v) is 5.47. The molecule has 1 N–H and O–H groups in total. The summed E-state index contributed by atoms with van der Waals surface area (Å²) in [6.07, 6.45) is 7.26. The van der Waals surface area contributed by atoms with Crippen molar-refractivity contribution in [3.63, 3.8) is 0 Å². The SMILES string of the molecule is Cc1cc(Cl)ccc1N1C(=O)CN(S(C)(=O)=O)CC1(C)C(=O)NC1CCCCCC1. The minimum atomic E-state index is -3.64. The number of carbonyl (C=O) groups is 2. The zero-order chi connectivity index (χ0) is 22.1. The smallest absolute Gasteiger partial charge is 0.247 e. The molecule has 1 unspecified atom stereocenters. The molecule has 1 aromatic carbocycles. The van der Waals surface area contributed by atoms with Crippen LogP contribution in [0.3, 0.4) is 0 Å².